The Bertz CT molecular complexity index is 759. The van der Waals surface area contributed by atoms with Crippen LogP contribution < -0.4 is 5.32 Å². The van der Waals surface area contributed by atoms with Gasteiger partial charge in [-0.25, -0.2) is 13.4 Å². The van der Waals surface area contributed by atoms with Crippen LogP contribution in [0.4, 0.5) is 5.82 Å². The molecule has 0 saturated heterocycles. The molecular weight excluding hydrogens is 308 g/mol. The van der Waals surface area contributed by atoms with Crippen LogP contribution in [-0.2, 0) is 9.84 Å². The first-order chi connectivity index (χ1) is 9.95. The van der Waals surface area contributed by atoms with Gasteiger partial charge < -0.3 is 5.32 Å². The summed E-state index contributed by atoms with van der Waals surface area (Å²) in [4.78, 5) is 4.40. The summed E-state index contributed by atoms with van der Waals surface area (Å²) in [6, 6.07) is 11.2. The maximum Gasteiger partial charge on any atom is 0.179 e. The Morgan fingerprint density at radius 3 is 2.62 bits per heavy atom. The SMILES string of the molecule is CS(=O)(=O)c1cccnc1NC1CC1c1ccc(Cl)cc1. The van der Waals surface area contributed by atoms with Gasteiger partial charge in [-0.2, -0.15) is 0 Å². The molecule has 1 aliphatic rings. The van der Waals surface area contributed by atoms with Gasteiger partial charge in [0.25, 0.3) is 0 Å². The molecule has 2 unspecified atom stereocenters. The third-order valence-electron chi connectivity index (χ3n) is 3.58. The number of anilines is 1. The van der Waals surface area contributed by atoms with E-state index in [0.717, 1.165) is 6.42 Å². The predicted octanol–water partition coefficient (Wildman–Crippen LogP) is 3.11. The van der Waals surface area contributed by atoms with Crippen molar-refractivity contribution >= 4 is 27.3 Å². The normalized spacial score (nSPS) is 21.0. The summed E-state index contributed by atoms with van der Waals surface area (Å²) in [5, 5.41) is 3.95. The Morgan fingerprint density at radius 2 is 1.95 bits per heavy atom. The van der Waals surface area contributed by atoms with Crippen LogP contribution in [-0.4, -0.2) is 25.7 Å². The second-order valence-electron chi connectivity index (χ2n) is 5.27. The Morgan fingerprint density at radius 1 is 1.24 bits per heavy atom. The molecule has 1 N–H and O–H groups in total. The van der Waals surface area contributed by atoms with Gasteiger partial charge in [-0.15, -0.1) is 0 Å². The molecule has 2 aromatic rings. The van der Waals surface area contributed by atoms with E-state index in [1.54, 1.807) is 18.3 Å². The molecule has 6 heteroatoms. The van der Waals surface area contributed by atoms with Gasteiger partial charge in [0, 0.05) is 29.4 Å². The first-order valence-electron chi connectivity index (χ1n) is 6.62. The van der Waals surface area contributed by atoms with Gasteiger partial charge >= 0.3 is 0 Å². The standard InChI is InChI=1S/C15H15ClN2O2S/c1-21(19,20)14-3-2-8-17-15(14)18-13-9-12(13)10-4-6-11(16)7-5-10/h2-8,12-13H,9H2,1H3,(H,17,18). The fraction of sp³-hybridized carbons (Fsp3) is 0.267. The van der Waals surface area contributed by atoms with Crippen LogP contribution in [0, 0.1) is 0 Å². The lowest BCUT2D eigenvalue weighted by atomic mass is 10.1. The zero-order valence-corrected chi connectivity index (χ0v) is 13.0. The number of nitrogens with zero attached hydrogens (tertiary/aromatic N) is 1. The quantitative estimate of drug-likeness (QED) is 0.939. The fourth-order valence-corrected chi connectivity index (χ4v) is 3.32. The van der Waals surface area contributed by atoms with Crippen molar-refractivity contribution in [2.45, 2.75) is 23.3 Å². The van der Waals surface area contributed by atoms with Crippen LogP contribution in [0.1, 0.15) is 17.9 Å². The molecule has 0 bridgehead atoms. The van der Waals surface area contributed by atoms with Crippen molar-refractivity contribution in [2.75, 3.05) is 11.6 Å². The van der Waals surface area contributed by atoms with Crippen LogP contribution in [0.5, 0.6) is 0 Å². The third-order valence-corrected chi connectivity index (χ3v) is 4.96. The number of halogens is 1. The van der Waals surface area contributed by atoms with Crippen LogP contribution in [0.3, 0.4) is 0 Å². The van der Waals surface area contributed by atoms with Gasteiger partial charge in [0.1, 0.15) is 10.7 Å². The number of rotatable bonds is 4. The molecular formula is C15H15ClN2O2S. The molecule has 110 valence electrons. The Hall–Kier alpha value is -1.59. The van der Waals surface area contributed by atoms with Gasteiger partial charge in [-0.3, -0.25) is 0 Å². The molecule has 2 atom stereocenters. The number of benzene rings is 1. The second-order valence-corrected chi connectivity index (χ2v) is 7.69. The van der Waals surface area contributed by atoms with Crippen molar-refractivity contribution in [3.8, 4) is 0 Å². The van der Waals surface area contributed by atoms with E-state index < -0.39 is 9.84 Å². The van der Waals surface area contributed by atoms with E-state index in [9.17, 15) is 8.42 Å². The number of pyridine rings is 1. The fourth-order valence-electron chi connectivity index (χ4n) is 2.41. The average molecular weight is 323 g/mol. The van der Waals surface area contributed by atoms with E-state index in [2.05, 4.69) is 10.3 Å². The zero-order valence-electron chi connectivity index (χ0n) is 11.5. The molecule has 21 heavy (non-hydrogen) atoms. The van der Waals surface area contributed by atoms with Crippen LogP contribution >= 0.6 is 11.6 Å². The predicted molar refractivity (Wildman–Crippen MR) is 83.6 cm³/mol. The first kappa shape index (κ1) is 14.4. The van der Waals surface area contributed by atoms with Crippen molar-refractivity contribution in [2.24, 2.45) is 0 Å². The zero-order chi connectivity index (χ0) is 15.0. The number of hydrogen-bond acceptors (Lipinski definition) is 4. The highest BCUT2D eigenvalue weighted by Crippen LogP contribution is 2.43. The topological polar surface area (TPSA) is 59.1 Å². The summed E-state index contributed by atoms with van der Waals surface area (Å²) in [6.07, 6.45) is 3.75. The van der Waals surface area contributed by atoms with E-state index in [1.165, 1.54) is 11.8 Å². The lowest BCUT2D eigenvalue weighted by Gasteiger charge is -2.09. The minimum absolute atomic E-state index is 0.210. The number of nitrogens with one attached hydrogen (secondary N) is 1. The van der Waals surface area contributed by atoms with Gasteiger partial charge in [0.15, 0.2) is 9.84 Å². The van der Waals surface area contributed by atoms with E-state index in [-0.39, 0.29) is 10.9 Å². The lowest BCUT2D eigenvalue weighted by Crippen LogP contribution is -2.10. The van der Waals surface area contributed by atoms with Gasteiger partial charge in [0.2, 0.25) is 0 Å². The smallest absolute Gasteiger partial charge is 0.179 e. The molecule has 0 spiro atoms. The molecule has 1 aromatic heterocycles. The summed E-state index contributed by atoms with van der Waals surface area (Å²) < 4.78 is 23.5. The van der Waals surface area contributed by atoms with Crippen molar-refractivity contribution in [3.05, 3.63) is 53.2 Å². The van der Waals surface area contributed by atoms with Crippen molar-refractivity contribution in [1.82, 2.24) is 4.98 Å². The van der Waals surface area contributed by atoms with E-state index in [0.29, 0.717) is 16.8 Å². The Balaban J connectivity index is 1.77. The molecule has 1 heterocycles. The van der Waals surface area contributed by atoms with Crippen LogP contribution in [0.2, 0.25) is 5.02 Å². The number of aromatic nitrogens is 1. The molecule has 3 rings (SSSR count). The highest BCUT2D eigenvalue weighted by molar-refractivity contribution is 7.90. The van der Waals surface area contributed by atoms with Crippen LogP contribution in [0.25, 0.3) is 0 Å². The third kappa shape index (κ3) is 3.19. The molecule has 1 aromatic carbocycles. The first-order valence-corrected chi connectivity index (χ1v) is 8.89. The van der Waals surface area contributed by atoms with Gasteiger partial charge in [-0.05, 0) is 36.2 Å². The molecule has 1 fully saturated rings. The Kier molecular flexibility index (Phi) is 3.63. The van der Waals surface area contributed by atoms with Gasteiger partial charge in [-0.1, -0.05) is 23.7 Å². The number of sulfone groups is 1. The van der Waals surface area contributed by atoms with E-state index in [4.69, 9.17) is 11.6 Å². The highest BCUT2D eigenvalue weighted by atomic mass is 35.5. The largest absolute Gasteiger partial charge is 0.366 e. The molecule has 1 saturated carbocycles. The minimum atomic E-state index is -3.28. The lowest BCUT2D eigenvalue weighted by molar-refractivity contribution is 0.601. The van der Waals surface area contributed by atoms with E-state index in [1.807, 2.05) is 24.3 Å². The van der Waals surface area contributed by atoms with Crippen LogP contribution in [0.15, 0.2) is 47.5 Å². The summed E-state index contributed by atoms with van der Waals surface area (Å²) in [5.41, 5.74) is 1.20. The monoisotopic (exact) mass is 322 g/mol. The van der Waals surface area contributed by atoms with Crippen molar-refractivity contribution in [3.63, 3.8) is 0 Å². The summed E-state index contributed by atoms with van der Waals surface area (Å²) in [6.45, 7) is 0. The summed E-state index contributed by atoms with van der Waals surface area (Å²) in [7, 11) is -3.28. The highest BCUT2D eigenvalue weighted by Gasteiger charge is 2.39. The molecule has 0 amide bonds. The minimum Gasteiger partial charge on any atom is -0.366 e. The Labute approximate surface area is 129 Å². The number of hydrogen-bond donors (Lipinski definition) is 1. The maximum atomic E-state index is 11.7. The average Bonchev–Trinajstić information content (AvgIpc) is 3.18. The van der Waals surface area contributed by atoms with Gasteiger partial charge in [0.05, 0.1) is 0 Å². The molecule has 4 nitrogen and oxygen atoms in total. The molecule has 0 aliphatic heterocycles. The molecule has 0 radical (unpaired) electrons. The van der Waals surface area contributed by atoms with E-state index >= 15 is 0 Å². The summed E-state index contributed by atoms with van der Waals surface area (Å²) >= 11 is 5.88. The maximum absolute atomic E-state index is 11.7. The second kappa shape index (κ2) is 5.31. The molecule has 1 aliphatic carbocycles. The van der Waals surface area contributed by atoms with Crippen molar-refractivity contribution < 1.29 is 8.42 Å². The van der Waals surface area contributed by atoms with Crippen molar-refractivity contribution in [1.29, 1.82) is 0 Å². The summed E-state index contributed by atoms with van der Waals surface area (Å²) in [5.74, 6) is 0.804.